The Morgan fingerprint density at radius 1 is 1.30 bits per heavy atom. The molecule has 27 heavy (non-hydrogen) atoms. The zero-order valence-electron chi connectivity index (χ0n) is 14.2. The summed E-state index contributed by atoms with van der Waals surface area (Å²) in [6.45, 7) is 0.297. The lowest BCUT2D eigenvalue weighted by atomic mass is 10.3. The molecule has 0 aliphatic carbocycles. The van der Waals surface area contributed by atoms with E-state index in [1.807, 2.05) is 0 Å². The summed E-state index contributed by atoms with van der Waals surface area (Å²) in [7, 11) is -3.66. The van der Waals surface area contributed by atoms with Gasteiger partial charge in [0.05, 0.1) is 11.4 Å². The Bertz CT molecular complexity index is 920. The van der Waals surface area contributed by atoms with Gasteiger partial charge < -0.3 is 15.2 Å². The Labute approximate surface area is 161 Å². The van der Waals surface area contributed by atoms with E-state index in [0.29, 0.717) is 29.5 Å². The number of carbonyl (C=O) groups is 1. The fourth-order valence-corrected chi connectivity index (χ4v) is 4.31. The van der Waals surface area contributed by atoms with Gasteiger partial charge in [0, 0.05) is 25.0 Å². The first-order valence-electron chi connectivity index (χ1n) is 8.14. The average Bonchev–Trinajstić information content (AvgIpc) is 3.12. The molecule has 2 N–H and O–H groups in total. The molecule has 0 radical (unpaired) electrons. The van der Waals surface area contributed by atoms with Gasteiger partial charge in [0.2, 0.25) is 10.0 Å². The van der Waals surface area contributed by atoms with E-state index < -0.39 is 15.9 Å². The molecule has 0 spiro atoms. The van der Waals surface area contributed by atoms with Crippen molar-refractivity contribution in [1.29, 1.82) is 0 Å². The highest BCUT2D eigenvalue weighted by molar-refractivity contribution is 7.89. The summed E-state index contributed by atoms with van der Waals surface area (Å²) in [6.07, 6.45) is 3.30. The number of hydrogen-bond donors (Lipinski definition) is 1. The summed E-state index contributed by atoms with van der Waals surface area (Å²) in [4.78, 5) is 14.8. The molecule has 1 aliphatic heterocycles. The van der Waals surface area contributed by atoms with E-state index in [1.54, 1.807) is 12.3 Å². The highest BCUT2D eigenvalue weighted by Crippen LogP contribution is 2.28. The van der Waals surface area contributed by atoms with Crippen molar-refractivity contribution in [2.45, 2.75) is 17.4 Å². The number of rotatable bonds is 7. The van der Waals surface area contributed by atoms with Crippen LogP contribution < -0.4 is 15.2 Å². The Balaban J connectivity index is 1.65. The van der Waals surface area contributed by atoms with Crippen LogP contribution in [-0.4, -0.2) is 49.4 Å². The zero-order valence-corrected chi connectivity index (χ0v) is 15.8. The van der Waals surface area contributed by atoms with Crippen LogP contribution in [0.25, 0.3) is 0 Å². The quantitative estimate of drug-likeness (QED) is 0.737. The van der Waals surface area contributed by atoms with Crippen LogP contribution in [0.15, 0.2) is 47.6 Å². The lowest BCUT2D eigenvalue weighted by Gasteiger charge is -2.18. The molecule has 0 unspecified atom stereocenters. The van der Waals surface area contributed by atoms with Crippen molar-refractivity contribution in [3.63, 3.8) is 0 Å². The second-order valence-corrected chi connectivity index (χ2v) is 8.27. The molecule has 0 saturated carbocycles. The molecule has 8 nitrogen and oxygen atoms in total. The lowest BCUT2D eigenvalue weighted by molar-refractivity contribution is -0.119. The highest BCUT2D eigenvalue weighted by Gasteiger charge is 2.33. The third kappa shape index (κ3) is 4.68. The second-order valence-electron chi connectivity index (χ2n) is 5.92. The molecular weight excluding hydrogens is 394 g/mol. The first kappa shape index (κ1) is 19.4. The van der Waals surface area contributed by atoms with Crippen LogP contribution in [0.4, 0.5) is 0 Å². The van der Waals surface area contributed by atoms with Crippen molar-refractivity contribution < 1.29 is 22.7 Å². The standard InChI is InChI=1S/C17H18ClN3O5S/c18-15-9-20-7-5-16(15)26-13-6-8-21(10-13)27(23,24)14-3-1-12(2-4-14)25-11-17(19)22/h1-5,7,9,13H,6,8,10-11H2,(H2,19,22)/t13-/m0/s1. The summed E-state index contributed by atoms with van der Waals surface area (Å²) in [5.74, 6) is 0.235. The molecule has 1 aromatic heterocycles. The largest absolute Gasteiger partial charge is 0.487 e. The second kappa shape index (κ2) is 8.12. The fraction of sp³-hybridized carbons (Fsp3) is 0.294. The summed E-state index contributed by atoms with van der Waals surface area (Å²) in [5, 5.41) is 0.380. The Morgan fingerprint density at radius 2 is 2.04 bits per heavy atom. The smallest absolute Gasteiger partial charge is 0.255 e. The first-order valence-corrected chi connectivity index (χ1v) is 9.95. The third-order valence-corrected chi connectivity index (χ3v) is 6.14. The van der Waals surface area contributed by atoms with Crippen molar-refractivity contribution in [1.82, 2.24) is 9.29 Å². The van der Waals surface area contributed by atoms with Crippen LogP contribution >= 0.6 is 11.6 Å². The minimum absolute atomic E-state index is 0.136. The summed E-state index contributed by atoms with van der Waals surface area (Å²) in [6, 6.07) is 7.47. The van der Waals surface area contributed by atoms with Gasteiger partial charge in [-0.3, -0.25) is 9.78 Å². The van der Waals surface area contributed by atoms with Gasteiger partial charge in [-0.15, -0.1) is 0 Å². The van der Waals surface area contributed by atoms with Gasteiger partial charge >= 0.3 is 0 Å². The van der Waals surface area contributed by atoms with Gasteiger partial charge in [0.1, 0.15) is 22.6 Å². The van der Waals surface area contributed by atoms with Gasteiger partial charge in [-0.1, -0.05) is 11.6 Å². The van der Waals surface area contributed by atoms with Crippen molar-refractivity contribution >= 4 is 27.5 Å². The predicted molar refractivity (Wildman–Crippen MR) is 98.2 cm³/mol. The number of amides is 1. The number of hydrogen-bond acceptors (Lipinski definition) is 6. The number of primary amides is 1. The van der Waals surface area contributed by atoms with Crippen LogP contribution in [0, 0.1) is 0 Å². The van der Waals surface area contributed by atoms with Crippen LogP contribution in [0.1, 0.15) is 6.42 Å². The monoisotopic (exact) mass is 411 g/mol. The third-order valence-electron chi connectivity index (χ3n) is 3.98. The van der Waals surface area contributed by atoms with Crippen molar-refractivity contribution in [2.75, 3.05) is 19.7 Å². The maximum absolute atomic E-state index is 12.8. The summed E-state index contributed by atoms with van der Waals surface area (Å²) < 4.78 is 37.9. The van der Waals surface area contributed by atoms with Crippen LogP contribution in [0.5, 0.6) is 11.5 Å². The molecule has 1 fully saturated rings. The molecular formula is C17H18ClN3O5S. The molecule has 0 bridgehead atoms. The van der Waals surface area contributed by atoms with Gasteiger partial charge in [0.25, 0.3) is 5.91 Å². The van der Waals surface area contributed by atoms with E-state index in [2.05, 4.69) is 4.98 Å². The van der Waals surface area contributed by atoms with E-state index in [9.17, 15) is 13.2 Å². The summed E-state index contributed by atoms with van der Waals surface area (Å²) >= 11 is 6.02. The number of ether oxygens (including phenoxy) is 2. The summed E-state index contributed by atoms with van der Waals surface area (Å²) in [5.41, 5.74) is 5.01. The predicted octanol–water partition coefficient (Wildman–Crippen LogP) is 1.44. The Hall–Kier alpha value is -2.36. The lowest BCUT2D eigenvalue weighted by Crippen LogP contribution is -2.31. The molecule has 1 saturated heterocycles. The molecule has 2 heterocycles. The zero-order chi connectivity index (χ0) is 19.4. The van der Waals surface area contributed by atoms with E-state index in [4.69, 9.17) is 26.8 Å². The van der Waals surface area contributed by atoms with E-state index in [0.717, 1.165) is 0 Å². The van der Waals surface area contributed by atoms with Crippen LogP contribution in [0.2, 0.25) is 5.02 Å². The van der Waals surface area contributed by atoms with E-state index in [-0.39, 0.29) is 24.2 Å². The normalized spacial score (nSPS) is 17.6. The van der Waals surface area contributed by atoms with Crippen LogP contribution in [0.3, 0.4) is 0 Å². The van der Waals surface area contributed by atoms with Gasteiger partial charge in [-0.25, -0.2) is 8.42 Å². The number of nitrogens with zero attached hydrogens (tertiary/aromatic N) is 2. The molecule has 1 atom stereocenters. The van der Waals surface area contributed by atoms with Gasteiger partial charge in [0.15, 0.2) is 6.61 Å². The van der Waals surface area contributed by atoms with Crippen LogP contribution in [-0.2, 0) is 14.8 Å². The first-order chi connectivity index (χ1) is 12.9. The molecule has 10 heteroatoms. The maximum Gasteiger partial charge on any atom is 0.255 e. The van der Waals surface area contributed by atoms with Crippen molar-refractivity contribution in [2.24, 2.45) is 5.73 Å². The van der Waals surface area contributed by atoms with Gasteiger partial charge in [-0.2, -0.15) is 4.31 Å². The number of sulfonamides is 1. The fourth-order valence-electron chi connectivity index (χ4n) is 2.66. The molecule has 2 aromatic rings. The molecule has 1 aromatic carbocycles. The van der Waals surface area contributed by atoms with Crippen molar-refractivity contribution in [3.8, 4) is 11.5 Å². The highest BCUT2D eigenvalue weighted by atomic mass is 35.5. The average molecular weight is 412 g/mol. The van der Waals surface area contributed by atoms with Crippen molar-refractivity contribution in [3.05, 3.63) is 47.7 Å². The number of pyridine rings is 1. The Kier molecular flexibility index (Phi) is 5.83. The minimum Gasteiger partial charge on any atom is -0.487 e. The molecule has 144 valence electrons. The number of carbonyl (C=O) groups excluding carboxylic acids is 1. The maximum atomic E-state index is 12.8. The van der Waals surface area contributed by atoms with Gasteiger partial charge in [-0.05, 0) is 30.7 Å². The molecule has 1 amide bonds. The number of benzene rings is 1. The van der Waals surface area contributed by atoms with E-state index in [1.165, 1.54) is 34.8 Å². The molecule has 1 aliphatic rings. The number of aromatic nitrogens is 1. The SMILES string of the molecule is NC(=O)COc1ccc(S(=O)(=O)N2CC[C@H](Oc3ccncc3Cl)C2)cc1. The number of halogens is 1. The number of nitrogens with two attached hydrogens (primary N) is 1. The molecule has 3 rings (SSSR count). The van der Waals surface area contributed by atoms with E-state index >= 15 is 0 Å². The topological polar surface area (TPSA) is 112 Å². The minimum atomic E-state index is -3.66. The Morgan fingerprint density at radius 3 is 2.70 bits per heavy atom.